The molecule has 1 heterocycles. The van der Waals surface area contributed by atoms with E-state index in [-0.39, 0.29) is 4.90 Å². The van der Waals surface area contributed by atoms with Crippen LogP contribution >= 0.6 is 15.9 Å². The smallest absolute Gasteiger partial charge is 0.244 e. The molecule has 1 aromatic rings. The molecule has 1 aliphatic heterocycles. The summed E-state index contributed by atoms with van der Waals surface area (Å²) in [7, 11) is -2.08. The van der Waals surface area contributed by atoms with Crippen LogP contribution in [-0.2, 0) is 10.0 Å². The van der Waals surface area contributed by atoms with Gasteiger partial charge in [-0.1, -0.05) is 15.9 Å². The average molecular weight is 363 g/mol. The molecule has 0 aromatic heterocycles. The summed E-state index contributed by atoms with van der Waals surface area (Å²) in [5, 5.41) is 3.27. The van der Waals surface area contributed by atoms with E-state index < -0.39 is 10.0 Å². The molecule has 112 valence electrons. The predicted octanol–water partition coefficient (Wildman–Crippen LogP) is 1.74. The van der Waals surface area contributed by atoms with Crippen molar-refractivity contribution in [2.45, 2.75) is 17.7 Å². The highest BCUT2D eigenvalue weighted by atomic mass is 79.9. The summed E-state index contributed by atoms with van der Waals surface area (Å²) in [6, 6.07) is 4.94. The van der Waals surface area contributed by atoms with Crippen LogP contribution in [0.15, 0.2) is 27.6 Å². The Kier molecular flexibility index (Phi) is 5.42. The van der Waals surface area contributed by atoms with E-state index in [2.05, 4.69) is 26.0 Å². The van der Waals surface area contributed by atoms with Crippen LogP contribution in [-0.4, -0.2) is 35.2 Å². The molecule has 1 aliphatic rings. The minimum absolute atomic E-state index is 0.166. The van der Waals surface area contributed by atoms with Crippen molar-refractivity contribution >= 4 is 26.0 Å². The summed E-state index contributed by atoms with van der Waals surface area (Å²) in [6.45, 7) is 2.45. The molecule has 1 atom stereocenters. The number of benzene rings is 1. The van der Waals surface area contributed by atoms with Crippen LogP contribution in [0.5, 0.6) is 5.75 Å². The third kappa shape index (κ3) is 3.94. The van der Waals surface area contributed by atoms with Crippen molar-refractivity contribution in [3.8, 4) is 5.75 Å². The maximum absolute atomic E-state index is 12.3. The fraction of sp³-hybridized carbons (Fsp3) is 0.538. The van der Waals surface area contributed by atoms with Crippen molar-refractivity contribution in [3.05, 3.63) is 22.7 Å². The largest absolute Gasteiger partial charge is 0.495 e. The van der Waals surface area contributed by atoms with E-state index in [4.69, 9.17) is 4.74 Å². The molecule has 1 aromatic carbocycles. The quantitative estimate of drug-likeness (QED) is 0.808. The van der Waals surface area contributed by atoms with Gasteiger partial charge in [-0.2, -0.15) is 0 Å². The Morgan fingerprint density at radius 1 is 1.50 bits per heavy atom. The predicted molar refractivity (Wildman–Crippen MR) is 81.5 cm³/mol. The first kappa shape index (κ1) is 15.8. The highest BCUT2D eigenvalue weighted by molar-refractivity contribution is 9.10. The lowest BCUT2D eigenvalue weighted by molar-refractivity contribution is 0.402. The molecule has 0 radical (unpaired) electrons. The second-order valence-electron chi connectivity index (χ2n) is 4.84. The van der Waals surface area contributed by atoms with Crippen LogP contribution < -0.4 is 14.8 Å². The van der Waals surface area contributed by atoms with Crippen LogP contribution in [0.25, 0.3) is 0 Å². The van der Waals surface area contributed by atoms with Gasteiger partial charge in [0.15, 0.2) is 0 Å². The van der Waals surface area contributed by atoms with E-state index in [1.54, 1.807) is 18.2 Å². The molecule has 0 amide bonds. The summed E-state index contributed by atoms with van der Waals surface area (Å²) in [6.07, 6.45) is 1.96. The van der Waals surface area contributed by atoms with Gasteiger partial charge in [-0.05, 0) is 50.0 Å². The van der Waals surface area contributed by atoms with Crippen molar-refractivity contribution < 1.29 is 13.2 Å². The Bertz CT molecular complexity index is 557. The van der Waals surface area contributed by atoms with E-state index in [0.717, 1.165) is 25.9 Å². The van der Waals surface area contributed by atoms with Crippen molar-refractivity contribution in [1.82, 2.24) is 10.0 Å². The van der Waals surface area contributed by atoms with E-state index in [0.29, 0.717) is 22.7 Å². The Balaban J connectivity index is 2.03. The molecule has 1 fully saturated rings. The maximum Gasteiger partial charge on any atom is 0.244 e. The lowest BCUT2D eigenvalue weighted by Crippen LogP contribution is -2.27. The molecule has 1 saturated heterocycles. The molecule has 5 nitrogen and oxygen atoms in total. The number of halogens is 1. The highest BCUT2D eigenvalue weighted by Crippen LogP contribution is 2.27. The summed E-state index contributed by atoms with van der Waals surface area (Å²) in [5.41, 5.74) is 0. The summed E-state index contributed by atoms with van der Waals surface area (Å²) in [4.78, 5) is 0.166. The fourth-order valence-electron chi connectivity index (χ4n) is 2.30. The maximum atomic E-state index is 12.3. The van der Waals surface area contributed by atoms with Gasteiger partial charge in [0, 0.05) is 11.0 Å². The lowest BCUT2D eigenvalue weighted by atomic mass is 10.1. The number of hydrogen-bond donors (Lipinski definition) is 2. The lowest BCUT2D eigenvalue weighted by Gasteiger charge is -2.12. The van der Waals surface area contributed by atoms with Crippen LogP contribution in [0.2, 0.25) is 0 Å². The van der Waals surface area contributed by atoms with Crippen LogP contribution in [0.1, 0.15) is 12.8 Å². The average Bonchev–Trinajstić information content (AvgIpc) is 2.91. The Morgan fingerprint density at radius 2 is 2.30 bits per heavy atom. The molecule has 2 N–H and O–H groups in total. The van der Waals surface area contributed by atoms with Crippen LogP contribution in [0.4, 0.5) is 0 Å². The molecular weight excluding hydrogens is 344 g/mol. The standard InChI is InChI=1S/C13H19BrN2O3S/c1-19-12-3-2-11(14)8-13(12)20(17,18)16-7-5-10-4-6-15-9-10/h2-3,8,10,15-16H,4-7,9H2,1H3. The number of sulfonamides is 1. The molecule has 0 spiro atoms. The van der Waals surface area contributed by atoms with Gasteiger partial charge in [-0.3, -0.25) is 0 Å². The van der Waals surface area contributed by atoms with Crippen molar-refractivity contribution in [1.29, 1.82) is 0 Å². The summed E-state index contributed by atoms with van der Waals surface area (Å²) < 4.78 is 33.1. The second kappa shape index (κ2) is 6.89. The number of hydrogen-bond acceptors (Lipinski definition) is 4. The fourth-order valence-corrected chi connectivity index (χ4v) is 4.05. The van der Waals surface area contributed by atoms with E-state index >= 15 is 0 Å². The van der Waals surface area contributed by atoms with Crippen molar-refractivity contribution in [2.24, 2.45) is 5.92 Å². The molecule has 2 rings (SSSR count). The zero-order valence-corrected chi connectivity index (χ0v) is 13.8. The normalized spacial score (nSPS) is 19.2. The number of methoxy groups -OCH3 is 1. The third-order valence-electron chi connectivity index (χ3n) is 3.42. The Hall–Kier alpha value is -0.630. The Labute approximate surface area is 128 Å². The first-order valence-corrected chi connectivity index (χ1v) is 8.84. The summed E-state index contributed by atoms with van der Waals surface area (Å²) in [5.74, 6) is 0.908. The van der Waals surface area contributed by atoms with Gasteiger partial charge in [0.25, 0.3) is 0 Å². The number of rotatable bonds is 6. The summed E-state index contributed by atoms with van der Waals surface area (Å²) >= 11 is 3.28. The third-order valence-corrected chi connectivity index (χ3v) is 5.40. The monoisotopic (exact) mass is 362 g/mol. The molecular formula is C13H19BrN2O3S. The Morgan fingerprint density at radius 3 is 2.95 bits per heavy atom. The topological polar surface area (TPSA) is 67.4 Å². The minimum Gasteiger partial charge on any atom is -0.495 e. The molecule has 0 aliphatic carbocycles. The molecule has 20 heavy (non-hydrogen) atoms. The van der Waals surface area contributed by atoms with Gasteiger partial charge in [0.05, 0.1) is 7.11 Å². The molecule has 0 saturated carbocycles. The molecule has 7 heteroatoms. The second-order valence-corrected chi connectivity index (χ2v) is 7.49. The number of ether oxygens (including phenoxy) is 1. The van der Waals surface area contributed by atoms with E-state index in [1.165, 1.54) is 7.11 Å². The first-order chi connectivity index (χ1) is 9.53. The van der Waals surface area contributed by atoms with Gasteiger partial charge in [-0.15, -0.1) is 0 Å². The van der Waals surface area contributed by atoms with Gasteiger partial charge in [-0.25, -0.2) is 13.1 Å². The van der Waals surface area contributed by atoms with Gasteiger partial charge in [0.2, 0.25) is 10.0 Å². The van der Waals surface area contributed by atoms with Crippen molar-refractivity contribution in [3.63, 3.8) is 0 Å². The van der Waals surface area contributed by atoms with E-state index in [1.807, 2.05) is 0 Å². The molecule has 0 bridgehead atoms. The number of nitrogens with one attached hydrogen (secondary N) is 2. The van der Waals surface area contributed by atoms with Crippen LogP contribution in [0.3, 0.4) is 0 Å². The van der Waals surface area contributed by atoms with Gasteiger partial charge in [0.1, 0.15) is 10.6 Å². The zero-order chi connectivity index (χ0) is 14.6. The van der Waals surface area contributed by atoms with Gasteiger partial charge < -0.3 is 10.1 Å². The SMILES string of the molecule is COc1ccc(Br)cc1S(=O)(=O)NCCC1CCNC1. The first-order valence-electron chi connectivity index (χ1n) is 6.57. The molecule has 1 unspecified atom stereocenters. The minimum atomic E-state index is -3.54. The highest BCUT2D eigenvalue weighted by Gasteiger charge is 2.21. The van der Waals surface area contributed by atoms with Gasteiger partial charge >= 0.3 is 0 Å². The van der Waals surface area contributed by atoms with Crippen molar-refractivity contribution in [2.75, 3.05) is 26.7 Å². The van der Waals surface area contributed by atoms with E-state index in [9.17, 15) is 8.42 Å². The zero-order valence-electron chi connectivity index (χ0n) is 11.4. The van der Waals surface area contributed by atoms with Crippen LogP contribution in [0, 0.1) is 5.92 Å².